The lowest BCUT2D eigenvalue weighted by Gasteiger charge is -2.01. The quantitative estimate of drug-likeness (QED) is 0.698. The highest BCUT2D eigenvalue weighted by atomic mass is 16.3. The number of aliphatic hydroxyl groups is 1. The summed E-state index contributed by atoms with van der Waals surface area (Å²) in [6, 6.07) is 3.67. The minimum absolute atomic E-state index is 0.524. The summed E-state index contributed by atoms with van der Waals surface area (Å²) in [4.78, 5) is 4.03. The molecule has 2 aromatic heterocycles. The number of aromatic nitrogens is 1. The standard InChI is InChI=1S/C9H9NO2/c1-6(11)8-4-7-2-3-12-9(7)5-10-8/h2-6,11H,1H3. The molecule has 0 aliphatic heterocycles. The molecule has 0 fully saturated rings. The van der Waals surface area contributed by atoms with Crippen molar-refractivity contribution in [2.45, 2.75) is 13.0 Å². The molecule has 1 N–H and O–H groups in total. The van der Waals surface area contributed by atoms with Crippen molar-refractivity contribution in [2.24, 2.45) is 0 Å². The second-order valence-electron chi connectivity index (χ2n) is 2.74. The maximum absolute atomic E-state index is 9.23. The highest BCUT2D eigenvalue weighted by molar-refractivity contribution is 5.76. The maximum Gasteiger partial charge on any atom is 0.152 e. The molecule has 3 heteroatoms. The predicted molar refractivity (Wildman–Crippen MR) is 44.6 cm³/mol. The van der Waals surface area contributed by atoms with Crippen LogP contribution < -0.4 is 0 Å². The van der Waals surface area contributed by atoms with Crippen LogP contribution in [0.4, 0.5) is 0 Å². The van der Waals surface area contributed by atoms with Gasteiger partial charge in [-0.15, -0.1) is 0 Å². The van der Waals surface area contributed by atoms with Crippen LogP contribution in [0.2, 0.25) is 0 Å². The number of hydrogen-bond donors (Lipinski definition) is 1. The second kappa shape index (κ2) is 2.60. The van der Waals surface area contributed by atoms with Crippen LogP contribution in [0.15, 0.2) is 29.0 Å². The number of nitrogens with zero attached hydrogens (tertiary/aromatic N) is 1. The van der Waals surface area contributed by atoms with E-state index in [1.54, 1.807) is 19.4 Å². The number of aliphatic hydroxyl groups excluding tert-OH is 1. The molecule has 0 spiro atoms. The fourth-order valence-corrected chi connectivity index (χ4v) is 1.11. The first-order chi connectivity index (χ1) is 5.77. The topological polar surface area (TPSA) is 46.3 Å². The summed E-state index contributed by atoms with van der Waals surface area (Å²) >= 11 is 0. The Morgan fingerprint density at radius 1 is 1.58 bits per heavy atom. The molecule has 2 rings (SSSR count). The van der Waals surface area contributed by atoms with E-state index in [0.29, 0.717) is 5.69 Å². The molecule has 0 radical (unpaired) electrons. The Morgan fingerprint density at radius 3 is 3.17 bits per heavy atom. The number of fused-ring (bicyclic) bond motifs is 1. The van der Waals surface area contributed by atoms with Gasteiger partial charge in [0.05, 0.1) is 24.3 Å². The Kier molecular flexibility index (Phi) is 1.59. The van der Waals surface area contributed by atoms with Crippen LogP contribution in [-0.4, -0.2) is 10.1 Å². The lowest BCUT2D eigenvalue weighted by atomic mass is 10.2. The molecule has 0 bridgehead atoms. The van der Waals surface area contributed by atoms with Crippen LogP contribution in [-0.2, 0) is 0 Å². The van der Waals surface area contributed by atoms with Crippen molar-refractivity contribution in [3.63, 3.8) is 0 Å². The van der Waals surface area contributed by atoms with E-state index in [1.165, 1.54) is 0 Å². The molecule has 12 heavy (non-hydrogen) atoms. The Labute approximate surface area is 69.7 Å². The minimum Gasteiger partial charge on any atom is -0.463 e. The molecule has 0 aliphatic rings. The average Bonchev–Trinajstić information content (AvgIpc) is 2.49. The first kappa shape index (κ1) is 7.31. The van der Waals surface area contributed by atoms with Gasteiger partial charge < -0.3 is 9.52 Å². The van der Waals surface area contributed by atoms with E-state index in [9.17, 15) is 5.11 Å². The normalized spacial score (nSPS) is 13.5. The van der Waals surface area contributed by atoms with E-state index in [4.69, 9.17) is 4.42 Å². The molecule has 2 heterocycles. The monoisotopic (exact) mass is 163 g/mol. The summed E-state index contributed by atoms with van der Waals surface area (Å²) in [5, 5.41) is 10.2. The molecule has 0 aromatic carbocycles. The summed E-state index contributed by atoms with van der Waals surface area (Å²) in [6.07, 6.45) is 2.71. The number of rotatable bonds is 1. The Hall–Kier alpha value is -1.35. The fraction of sp³-hybridized carbons (Fsp3) is 0.222. The van der Waals surface area contributed by atoms with Gasteiger partial charge in [-0.05, 0) is 19.1 Å². The molecule has 1 unspecified atom stereocenters. The Bertz CT molecular complexity index is 392. The van der Waals surface area contributed by atoms with Gasteiger partial charge in [0.2, 0.25) is 0 Å². The van der Waals surface area contributed by atoms with Gasteiger partial charge in [0.25, 0.3) is 0 Å². The van der Waals surface area contributed by atoms with Gasteiger partial charge in [0.1, 0.15) is 0 Å². The lowest BCUT2D eigenvalue weighted by Crippen LogP contribution is -1.93. The van der Waals surface area contributed by atoms with E-state index in [-0.39, 0.29) is 0 Å². The van der Waals surface area contributed by atoms with Crippen LogP contribution >= 0.6 is 0 Å². The van der Waals surface area contributed by atoms with Crippen molar-refractivity contribution in [1.29, 1.82) is 0 Å². The molecular weight excluding hydrogens is 154 g/mol. The predicted octanol–water partition coefficient (Wildman–Crippen LogP) is 1.88. The molecular formula is C9H9NO2. The summed E-state index contributed by atoms with van der Waals surface area (Å²) < 4.78 is 5.11. The van der Waals surface area contributed by atoms with Crippen LogP contribution in [0.25, 0.3) is 11.0 Å². The van der Waals surface area contributed by atoms with E-state index >= 15 is 0 Å². The van der Waals surface area contributed by atoms with Crippen LogP contribution in [0.3, 0.4) is 0 Å². The number of pyridine rings is 1. The zero-order chi connectivity index (χ0) is 8.55. The van der Waals surface area contributed by atoms with E-state index < -0.39 is 6.10 Å². The van der Waals surface area contributed by atoms with E-state index in [1.807, 2.05) is 12.1 Å². The van der Waals surface area contributed by atoms with Gasteiger partial charge >= 0.3 is 0 Å². The van der Waals surface area contributed by atoms with Gasteiger partial charge in [0.15, 0.2) is 5.58 Å². The second-order valence-corrected chi connectivity index (χ2v) is 2.74. The number of hydrogen-bond acceptors (Lipinski definition) is 3. The maximum atomic E-state index is 9.23. The van der Waals surface area contributed by atoms with Crippen molar-refractivity contribution in [1.82, 2.24) is 4.98 Å². The van der Waals surface area contributed by atoms with Crippen molar-refractivity contribution < 1.29 is 9.52 Å². The SMILES string of the molecule is CC(O)c1cc2ccoc2cn1. The molecule has 3 nitrogen and oxygen atoms in total. The van der Waals surface area contributed by atoms with E-state index in [0.717, 1.165) is 11.0 Å². The van der Waals surface area contributed by atoms with Crippen LogP contribution in [0.1, 0.15) is 18.7 Å². The van der Waals surface area contributed by atoms with Gasteiger partial charge in [-0.1, -0.05) is 0 Å². The highest BCUT2D eigenvalue weighted by Crippen LogP contribution is 2.18. The van der Waals surface area contributed by atoms with Gasteiger partial charge in [-0.2, -0.15) is 0 Å². The molecule has 0 saturated carbocycles. The molecule has 0 aliphatic carbocycles. The molecule has 0 saturated heterocycles. The van der Waals surface area contributed by atoms with Crippen molar-refractivity contribution in [2.75, 3.05) is 0 Å². The van der Waals surface area contributed by atoms with Crippen molar-refractivity contribution in [3.8, 4) is 0 Å². The van der Waals surface area contributed by atoms with Gasteiger partial charge in [-0.3, -0.25) is 4.98 Å². The van der Waals surface area contributed by atoms with Crippen LogP contribution in [0, 0.1) is 0 Å². The molecule has 0 amide bonds. The lowest BCUT2D eigenvalue weighted by molar-refractivity contribution is 0.194. The average molecular weight is 163 g/mol. The van der Waals surface area contributed by atoms with Crippen molar-refractivity contribution in [3.05, 3.63) is 30.3 Å². The third-order valence-corrected chi connectivity index (χ3v) is 1.79. The fourth-order valence-electron chi connectivity index (χ4n) is 1.11. The smallest absolute Gasteiger partial charge is 0.152 e. The summed E-state index contributed by atoms with van der Waals surface area (Å²) in [5.74, 6) is 0. The summed E-state index contributed by atoms with van der Waals surface area (Å²) in [7, 11) is 0. The summed E-state index contributed by atoms with van der Waals surface area (Å²) in [6.45, 7) is 1.69. The Morgan fingerprint density at radius 2 is 2.42 bits per heavy atom. The van der Waals surface area contributed by atoms with E-state index in [2.05, 4.69) is 4.98 Å². The first-order valence-corrected chi connectivity index (χ1v) is 3.78. The zero-order valence-electron chi connectivity index (χ0n) is 6.69. The largest absolute Gasteiger partial charge is 0.463 e. The first-order valence-electron chi connectivity index (χ1n) is 3.78. The minimum atomic E-state index is -0.524. The summed E-state index contributed by atoms with van der Waals surface area (Å²) in [5.41, 5.74) is 1.42. The highest BCUT2D eigenvalue weighted by Gasteiger charge is 2.04. The Balaban J connectivity index is 2.60. The molecule has 2 aromatic rings. The number of furan rings is 1. The van der Waals surface area contributed by atoms with Gasteiger partial charge in [-0.25, -0.2) is 0 Å². The van der Waals surface area contributed by atoms with Gasteiger partial charge in [0, 0.05) is 5.39 Å². The van der Waals surface area contributed by atoms with Crippen LogP contribution in [0.5, 0.6) is 0 Å². The third kappa shape index (κ3) is 1.08. The molecule has 62 valence electrons. The van der Waals surface area contributed by atoms with Crippen molar-refractivity contribution >= 4 is 11.0 Å². The zero-order valence-corrected chi connectivity index (χ0v) is 6.69. The molecule has 1 atom stereocenters. The third-order valence-electron chi connectivity index (χ3n) is 1.79.